The van der Waals surface area contributed by atoms with Crippen LogP contribution < -0.4 is 5.32 Å². The number of morpholine rings is 1. The Hall–Kier alpha value is -0.160. The fraction of sp³-hybridized carbons (Fsp3) is 1.00. The molecule has 0 bridgehead atoms. The van der Waals surface area contributed by atoms with Crippen molar-refractivity contribution in [1.29, 1.82) is 0 Å². The zero-order valence-corrected chi connectivity index (χ0v) is 8.49. The Balaban J connectivity index is 2.14. The number of hydrogen-bond acceptors (Lipinski definition) is 4. The van der Waals surface area contributed by atoms with E-state index in [9.17, 15) is 0 Å². The molecule has 1 aliphatic heterocycles. The lowest BCUT2D eigenvalue weighted by atomic mass is 10.2. The average molecular weight is 188 g/mol. The molecule has 4 heteroatoms. The second-order valence-corrected chi connectivity index (χ2v) is 3.77. The highest BCUT2D eigenvalue weighted by Crippen LogP contribution is 1.99. The molecule has 1 heterocycles. The molecule has 2 N–H and O–H groups in total. The summed E-state index contributed by atoms with van der Waals surface area (Å²) in [5, 5.41) is 12.4. The van der Waals surface area contributed by atoms with Gasteiger partial charge in [-0.25, -0.2) is 0 Å². The van der Waals surface area contributed by atoms with Gasteiger partial charge in [0.15, 0.2) is 0 Å². The van der Waals surface area contributed by atoms with Gasteiger partial charge in [0.05, 0.1) is 18.8 Å². The van der Waals surface area contributed by atoms with Crippen LogP contribution in [0.25, 0.3) is 0 Å². The molecule has 4 nitrogen and oxygen atoms in total. The highest BCUT2D eigenvalue weighted by atomic mass is 16.5. The Bertz CT molecular complexity index is 136. The maximum atomic E-state index is 9.15. The molecule has 1 unspecified atom stereocenters. The summed E-state index contributed by atoms with van der Waals surface area (Å²) in [6.07, 6.45) is 0.0130. The molecule has 0 radical (unpaired) electrons. The molecule has 13 heavy (non-hydrogen) atoms. The molecular weight excluding hydrogens is 168 g/mol. The van der Waals surface area contributed by atoms with E-state index in [1.165, 1.54) is 0 Å². The van der Waals surface area contributed by atoms with Crippen molar-refractivity contribution in [3.8, 4) is 0 Å². The molecular formula is C9H20N2O2. The summed E-state index contributed by atoms with van der Waals surface area (Å²) in [7, 11) is 2.00. The maximum Gasteiger partial charge on any atom is 0.0826 e. The van der Waals surface area contributed by atoms with E-state index >= 15 is 0 Å². The SMILES string of the molecule is C[C@@H](O)CN(C)CC1CNCCO1. The van der Waals surface area contributed by atoms with E-state index in [4.69, 9.17) is 9.84 Å². The average Bonchev–Trinajstić information content (AvgIpc) is 2.04. The van der Waals surface area contributed by atoms with Crippen molar-refractivity contribution in [3.63, 3.8) is 0 Å². The van der Waals surface area contributed by atoms with Gasteiger partial charge in [0, 0.05) is 26.2 Å². The predicted molar refractivity (Wildman–Crippen MR) is 51.8 cm³/mol. The third kappa shape index (κ3) is 4.57. The molecule has 0 aromatic rings. The van der Waals surface area contributed by atoms with E-state index in [2.05, 4.69) is 10.2 Å². The van der Waals surface area contributed by atoms with Crippen molar-refractivity contribution in [1.82, 2.24) is 10.2 Å². The van der Waals surface area contributed by atoms with Crippen LogP contribution in [0.3, 0.4) is 0 Å². The first-order chi connectivity index (χ1) is 6.18. The number of nitrogens with one attached hydrogen (secondary N) is 1. The van der Waals surface area contributed by atoms with E-state index < -0.39 is 0 Å². The molecule has 2 atom stereocenters. The Kier molecular flexibility index (Phi) is 4.66. The smallest absolute Gasteiger partial charge is 0.0826 e. The van der Waals surface area contributed by atoms with Crippen LogP contribution in [0.1, 0.15) is 6.92 Å². The summed E-state index contributed by atoms with van der Waals surface area (Å²) in [6, 6.07) is 0. The Morgan fingerprint density at radius 3 is 3.00 bits per heavy atom. The predicted octanol–water partition coefficient (Wildman–Crippen LogP) is -0.713. The zero-order valence-electron chi connectivity index (χ0n) is 8.49. The number of hydrogen-bond donors (Lipinski definition) is 2. The minimum atomic E-state index is -0.262. The molecule has 78 valence electrons. The molecule has 0 aromatic carbocycles. The van der Waals surface area contributed by atoms with Gasteiger partial charge in [-0.05, 0) is 14.0 Å². The number of rotatable bonds is 4. The molecule has 0 aromatic heterocycles. The second kappa shape index (κ2) is 5.54. The minimum absolute atomic E-state index is 0.262. The Morgan fingerprint density at radius 1 is 1.69 bits per heavy atom. The van der Waals surface area contributed by atoms with Gasteiger partial charge < -0.3 is 20.1 Å². The van der Waals surface area contributed by atoms with Crippen molar-refractivity contribution in [3.05, 3.63) is 0 Å². The van der Waals surface area contributed by atoms with Gasteiger partial charge in [-0.15, -0.1) is 0 Å². The first kappa shape index (κ1) is 10.9. The van der Waals surface area contributed by atoms with E-state index in [-0.39, 0.29) is 12.2 Å². The second-order valence-electron chi connectivity index (χ2n) is 3.77. The van der Waals surface area contributed by atoms with Crippen molar-refractivity contribution < 1.29 is 9.84 Å². The number of likely N-dealkylation sites (N-methyl/N-ethyl adjacent to an activating group) is 1. The molecule has 1 saturated heterocycles. The van der Waals surface area contributed by atoms with Crippen molar-refractivity contribution in [2.75, 3.05) is 39.8 Å². The highest BCUT2D eigenvalue weighted by Gasteiger charge is 2.15. The quantitative estimate of drug-likeness (QED) is 0.611. The number of aliphatic hydroxyl groups excluding tert-OH is 1. The maximum absolute atomic E-state index is 9.15. The molecule has 0 amide bonds. The van der Waals surface area contributed by atoms with Crippen molar-refractivity contribution in [2.24, 2.45) is 0 Å². The van der Waals surface area contributed by atoms with Gasteiger partial charge in [-0.3, -0.25) is 0 Å². The Morgan fingerprint density at radius 2 is 2.46 bits per heavy atom. The van der Waals surface area contributed by atoms with Crippen molar-refractivity contribution in [2.45, 2.75) is 19.1 Å². The third-order valence-corrected chi connectivity index (χ3v) is 2.10. The summed E-state index contributed by atoms with van der Waals surface area (Å²) in [4.78, 5) is 2.10. The van der Waals surface area contributed by atoms with Gasteiger partial charge in [-0.2, -0.15) is 0 Å². The van der Waals surface area contributed by atoms with Crippen LogP contribution in [0, 0.1) is 0 Å². The topological polar surface area (TPSA) is 44.7 Å². The standard InChI is InChI=1S/C9H20N2O2/c1-8(12)6-11(2)7-9-5-10-3-4-13-9/h8-10,12H,3-7H2,1-2H3/t8-,9?/m1/s1. The summed E-state index contributed by atoms with van der Waals surface area (Å²) < 4.78 is 5.54. The summed E-state index contributed by atoms with van der Waals surface area (Å²) in [5.41, 5.74) is 0. The van der Waals surface area contributed by atoms with Crippen LogP contribution in [0.4, 0.5) is 0 Å². The van der Waals surface area contributed by atoms with Gasteiger partial charge in [0.1, 0.15) is 0 Å². The van der Waals surface area contributed by atoms with Gasteiger partial charge >= 0.3 is 0 Å². The third-order valence-electron chi connectivity index (χ3n) is 2.10. The molecule has 1 rings (SSSR count). The van der Waals surface area contributed by atoms with Crippen LogP contribution in [0.2, 0.25) is 0 Å². The number of aliphatic hydroxyl groups is 1. The van der Waals surface area contributed by atoms with Crippen LogP contribution in [0.5, 0.6) is 0 Å². The van der Waals surface area contributed by atoms with Gasteiger partial charge in [0.25, 0.3) is 0 Å². The van der Waals surface area contributed by atoms with E-state index in [0.717, 1.165) is 26.2 Å². The molecule has 1 aliphatic rings. The Labute approximate surface area is 79.9 Å². The fourth-order valence-electron chi connectivity index (χ4n) is 1.61. The minimum Gasteiger partial charge on any atom is -0.392 e. The van der Waals surface area contributed by atoms with E-state index in [0.29, 0.717) is 6.54 Å². The lowest BCUT2D eigenvalue weighted by Gasteiger charge is -2.28. The fourth-order valence-corrected chi connectivity index (χ4v) is 1.61. The van der Waals surface area contributed by atoms with Gasteiger partial charge in [0.2, 0.25) is 0 Å². The lowest BCUT2D eigenvalue weighted by Crippen LogP contribution is -2.45. The number of ether oxygens (including phenoxy) is 1. The van der Waals surface area contributed by atoms with Crippen molar-refractivity contribution >= 4 is 0 Å². The summed E-state index contributed by atoms with van der Waals surface area (Å²) in [5.74, 6) is 0. The molecule has 0 saturated carbocycles. The van der Waals surface area contributed by atoms with Crippen LogP contribution in [0.15, 0.2) is 0 Å². The van der Waals surface area contributed by atoms with E-state index in [1.54, 1.807) is 6.92 Å². The lowest BCUT2D eigenvalue weighted by molar-refractivity contribution is 0.00393. The highest BCUT2D eigenvalue weighted by molar-refractivity contribution is 4.71. The molecule has 0 aliphatic carbocycles. The number of nitrogens with zero attached hydrogens (tertiary/aromatic N) is 1. The van der Waals surface area contributed by atoms with Gasteiger partial charge in [-0.1, -0.05) is 0 Å². The monoisotopic (exact) mass is 188 g/mol. The zero-order chi connectivity index (χ0) is 9.68. The summed E-state index contributed by atoms with van der Waals surface area (Å²) >= 11 is 0. The van der Waals surface area contributed by atoms with Crippen LogP contribution >= 0.6 is 0 Å². The first-order valence-electron chi connectivity index (χ1n) is 4.87. The summed E-state index contributed by atoms with van der Waals surface area (Å²) in [6.45, 7) is 6.07. The van der Waals surface area contributed by atoms with Crippen LogP contribution in [-0.4, -0.2) is 62.0 Å². The van der Waals surface area contributed by atoms with E-state index in [1.807, 2.05) is 7.05 Å². The first-order valence-corrected chi connectivity index (χ1v) is 4.87. The molecule has 0 spiro atoms. The van der Waals surface area contributed by atoms with Crippen LogP contribution in [-0.2, 0) is 4.74 Å². The molecule has 1 fully saturated rings. The normalized spacial score (nSPS) is 26.3. The largest absolute Gasteiger partial charge is 0.392 e.